The van der Waals surface area contributed by atoms with E-state index in [0.717, 1.165) is 9.80 Å². The number of rotatable bonds is 5. The van der Waals surface area contributed by atoms with Gasteiger partial charge in [-0.05, 0) is 67.6 Å². The molecular formula is C36H27ClN6O5. The number of hydrogen-bond donors (Lipinski definition) is 2. The number of nitrogens with zero attached hydrogens (tertiary/aromatic N) is 5. The zero-order valence-electron chi connectivity index (χ0n) is 25.7. The van der Waals surface area contributed by atoms with Crippen molar-refractivity contribution in [2.75, 3.05) is 14.7 Å². The quantitative estimate of drug-likeness (QED) is 0.151. The number of amides is 2. The molecule has 1 unspecified atom stereocenters. The SMILES string of the molecule is Cc1c(N2C(=O)C(=O)/C(=C(/O)c3ccc(Cl)cc3)C23C(=O)N(c2ccccc2)C(=N)N3c2ccccc2)c(=O)n(-c2ccccc2)n1C. The molecule has 5 aromatic rings. The summed E-state index contributed by atoms with van der Waals surface area (Å²) in [5, 5.41) is 21.8. The minimum atomic E-state index is -2.55. The van der Waals surface area contributed by atoms with Gasteiger partial charge in [0.05, 0.1) is 17.1 Å². The Morgan fingerprint density at radius 2 is 1.25 bits per heavy atom. The summed E-state index contributed by atoms with van der Waals surface area (Å²) in [5.41, 5.74) is -2.78. The maximum absolute atomic E-state index is 15.3. The maximum Gasteiger partial charge on any atom is 0.302 e. The average molecular weight is 659 g/mol. The van der Waals surface area contributed by atoms with Crippen LogP contribution < -0.4 is 20.3 Å². The molecule has 2 aliphatic heterocycles. The first-order valence-corrected chi connectivity index (χ1v) is 15.2. The fourth-order valence-corrected chi connectivity index (χ4v) is 6.57. The Labute approximate surface area is 279 Å². The highest BCUT2D eigenvalue weighted by molar-refractivity contribution is 6.57. The van der Waals surface area contributed by atoms with Gasteiger partial charge in [-0.15, -0.1) is 0 Å². The summed E-state index contributed by atoms with van der Waals surface area (Å²) in [6.45, 7) is 1.59. The number of Topliss-reactive ketones (excluding diaryl/α,β-unsaturated/α-hetero) is 1. The Morgan fingerprint density at radius 1 is 0.729 bits per heavy atom. The number of aliphatic hydroxyl groups is 1. The number of nitrogens with one attached hydrogen (secondary N) is 1. The largest absolute Gasteiger partial charge is 0.507 e. The molecule has 0 saturated carbocycles. The van der Waals surface area contributed by atoms with Crippen LogP contribution in [0.2, 0.25) is 5.02 Å². The first-order valence-electron chi connectivity index (χ1n) is 14.9. The van der Waals surface area contributed by atoms with E-state index in [9.17, 15) is 24.9 Å². The first-order chi connectivity index (χ1) is 23.1. The van der Waals surface area contributed by atoms with Gasteiger partial charge in [-0.25, -0.2) is 9.58 Å². The van der Waals surface area contributed by atoms with Crippen LogP contribution in [-0.4, -0.2) is 43.7 Å². The van der Waals surface area contributed by atoms with Gasteiger partial charge in [0.25, 0.3) is 17.2 Å². The van der Waals surface area contributed by atoms with Crippen LogP contribution in [-0.2, 0) is 21.4 Å². The second kappa shape index (κ2) is 11.2. The van der Waals surface area contributed by atoms with Crippen molar-refractivity contribution in [1.29, 1.82) is 5.41 Å². The fraction of sp³-hybridized carbons (Fsp3) is 0.0833. The van der Waals surface area contributed by atoms with Gasteiger partial charge in [-0.2, -0.15) is 0 Å². The second-order valence-corrected chi connectivity index (χ2v) is 11.7. The molecule has 4 aromatic carbocycles. The third-order valence-corrected chi connectivity index (χ3v) is 8.93. The van der Waals surface area contributed by atoms with E-state index in [1.54, 1.807) is 105 Å². The molecule has 12 heteroatoms. The van der Waals surface area contributed by atoms with Crippen molar-refractivity contribution in [2.24, 2.45) is 7.05 Å². The molecule has 2 N–H and O–H groups in total. The van der Waals surface area contributed by atoms with Crippen molar-refractivity contribution in [3.05, 3.63) is 147 Å². The summed E-state index contributed by atoms with van der Waals surface area (Å²) in [4.78, 5) is 61.8. The molecule has 3 heterocycles. The van der Waals surface area contributed by atoms with Crippen molar-refractivity contribution in [3.8, 4) is 5.69 Å². The molecule has 2 fully saturated rings. The lowest BCUT2D eigenvalue weighted by molar-refractivity contribution is -0.132. The topological polar surface area (TPSA) is 132 Å². The van der Waals surface area contributed by atoms with Crippen molar-refractivity contribution < 1.29 is 19.5 Å². The molecule has 0 aliphatic carbocycles. The Bertz CT molecular complexity index is 2230. The summed E-state index contributed by atoms with van der Waals surface area (Å²) < 4.78 is 2.84. The number of hydrogen-bond acceptors (Lipinski definition) is 6. The van der Waals surface area contributed by atoms with E-state index >= 15 is 4.79 Å². The van der Waals surface area contributed by atoms with E-state index in [-0.39, 0.29) is 28.3 Å². The molecule has 2 amide bonds. The minimum Gasteiger partial charge on any atom is -0.507 e. The van der Waals surface area contributed by atoms with E-state index in [4.69, 9.17) is 11.6 Å². The van der Waals surface area contributed by atoms with E-state index in [1.165, 1.54) is 38.5 Å². The summed E-state index contributed by atoms with van der Waals surface area (Å²) in [5.74, 6) is -4.46. The Hall–Kier alpha value is -6.20. The molecule has 1 spiro atoms. The number of para-hydroxylation sites is 3. The number of anilines is 3. The van der Waals surface area contributed by atoms with Gasteiger partial charge in [-0.3, -0.25) is 39.1 Å². The lowest BCUT2D eigenvalue weighted by Crippen LogP contribution is -2.62. The van der Waals surface area contributed by atoms with E-state index < -0.39 is 46.1 Å². The third kappa shape index (κ3) is 4.17. The zero-order chi connectivity index (χ0) is 33.9. The van der Waals surface area contributed by atoms with Gasteiger partial charge in [0, 0.05) is 23.3 Å². The molecule has 238 valence electrons. The van der Waals surface area contributed by atoms with Gasteiger partial charge < -0.3 is 5.11 Å². The fourth-order valence-electron chi connectivity index (χ4n) is 6.44. The summed E-state index contributed by atoms with van der Waals surface area (Å²) >= 11 is 6.12. The van der Waals surface area contributed by atoms with E-state index in [2.05, 4.69) is 0 Å². The third-order valence-electron chi connectivity index (χ3n) is 8.68. The van der Waals surface area contributed by atoms with Crippen molar-refractivity contribution in [3.63, 3.8) is 0 Å². The predicted octanol–water partition coefficient (Wildman–Crippen LogP) is 5.21. The molecule has 1 aromatic heterocycles. The van der Waals surface area contributed by atoms with Gasteiger partial charge in [-0.1, -0.05) is 66.2 Å². The predicted molar refractivity (Wildman–Crippen MR) is 183 cm³/mol. The molecule has 0 radical (unpaired) electrons. The molecule has 2 aliphatic rings. The van der Waals surface area contributed by atoms with Crippen LogP contribution in [0.25, 0.3) is 11.4 Å². The Morgan fingerprint density at radius 3 is 1.81 bits per heavy atom. The second-order valence-electron chi connectivity index (χ2n) is 11.3. The van der Waals surface area contributed by atoms with Gasteiger partial charge in [0.1, 0.15) is 17.0 Å². The highest BCUT2D eigenvalue weighted by Gasteiger charge is 2.72. The number of benzene rings is 4. The van der Waals surface area contributed by atoms with E-state index in [0.29, 0.717) is 10.7 Å². The van der Waals surface area contributed by atoms with Crippen LogP contribution >= 0.6 is 11.6 Å². The van der Waals surface area contributed by atoms with Crippen LogP contribution in [0.15, 0.2) is 126 Å². The highest BCUT2D eigenvalue weighted by Crippen LogP contribution is 2.50. The van der Waals surface area contributed by atoms with Crippen LogP contribution in [0.4, 0.5) is 17.1 Å². The Balaban J connectivity index is 1.63. The molecular weight excluding hydrogens is 632 g/mol. The Kier molecular flexibility index (Phi) is 7.14. The van der Waals surface area contributed by atoms with Crippen molar-refractivity contribution >= 4 is 58.0 Å². The number of aliphatic hydroxyl groups excluding tert-OH is 1. The molecule has 48 heavy (non-hydrogen) atoms. The number of carbonyl (C=O) groups excluding carboxylic acids is 3. The normalized spacial score (nSPS) is 18.9. The van der Waals surface area contributed by atoms with Gasteiger partial charge >= 0.3 is 5.91 Å². The summed E-state index contributed by atoms with van der Waals surface area (Å²) in [6, 6.07) is 31.2. The lowest BCUT2D eigenvalue weighted by atomic mass is 9.92. The summed E-state index contributed by atoms with van der Waals surface area (Å²) in [6.07, 6.45) is 0. The summed E-state index contributed by atoms with van der Waals surface area (Å²) in [7, 11) is 1.62. The van der Waals surface area contributed by atoms with Crippen LogP contribution in [0.5, 0.6) is 0 Å². The number of guanidine groups is 1. The number of carbonyl (C=O) groups is 3. The van der Waals surface area contributed by atoms with Crippen molar-refractivity contribution in [1.82, 2.24) is 9.36 Å². The van der Waals surface area contributed by atoms with Crippen LogP contribution in [0, 0.1) is 12.3 Å². The molecule has 2 saturated heterocycles. The minimum absolute atomic E-state index is 0.0914. The van der Waals surface area contributed by atoms with Crippen molar-refractivity contribution in [2.45, 2.75) is 12.6 Å². The van der Waals surface area contributed by atoms with E-state index in [1.807, 2.05) is 0 Å². The first kappa shape index (κ1) is 30.5. The number of ketones is 1. The standard InChI is InChI=1S/C36H27ClN6O5/c1-22-29(32(46)43(39(22)2)27-16-10-5-11-17-27)42-33(47)31(45)28(30(44)23-18-20-24(37)21-19-23)36(42)34(48)40(25-12-6-3-7-13-25)35(38)41(36)26-14-8-4-9-15-26/h3-21,38,44H,1-2H3/b30-28-,38-35?. The molecule has 11 nitrogen and oxygen atoms in total. The molecule has 0 bridgehead atoms. The van der Waals surface area contributed by atoms with Gasteiger partial charge in [0.2, 0.25) is 11.6 Å². The maximum atomic E-state index is 15.3. The highest BCUT2D eigenvalue weighted by atomic mass is 35.5. The van der Waals surface area contributed by atoms with Crippen LogP contribution in [0.1, 0.15) is 11.3 Å². The monoisotopic (exact) mass is 658 g/mol. The smallest absolute Gasteiger partial charge is 0.302 e. The molecule has 1 atom stereocenters. The number of aromatic nitrogens is 2. The molecule has 7 rings (SSSR count). The average Bonchev–Trinajstić information content (AvgIpc) is 3.56. The zero-order valence-corrected chi connectivity index (χ0v) is 26.4. The van der Waals surface area contributed by atoms with Crippen LogP contribution in [0.3, 0.4) is 0 Å². The van der Waals surface area contributed by atoms with Gasteiger partial charge in [0.15, 0.2) is 0 Å². The lowest BCUT2D eigenvalue weighted by Gasteiger charge is -2.39. The number of halogens is 1.